The van der Waals surface area contributed by atoms with Crippen molar-refractivity contribution in [3.63, 3.8) is 0 Å². The summed E-state index contributed by atoms with van der Waals surface area (Å²) >= 11 is 4.58. The molecule has 0 heterocycles. The molecule has 0 bridgehead atoms. The zero-order chi connectivity index (χ0) is 6.41. The predicted octanol–water partition coefficient (Wildman–Crippen LogP) is -0.500. The van der Waals surface area contributed by atoms with E-state index in [1.54, 1.807) is 0 Å². The van der Waals surface area contributed by atoms with Gasteiger partial charge in [-0.05, 0) is 12.2 Å². The van der Waals surface area contributed by atoms with Gasteiger partial charge in [-0.15, -0.1) is 0 Å². The molecule has 0 spiro atoms. The van der Waals surface area contributed by atoms with Gasteiger partial charge in [-0.3, -0.25) is 0 Å². The maximum Gasteiger partial charge on any atom is 0.256 e. The second kappa shape index (κ2) is 4.80. The molecule has 0 aromatic carbocycles. The molecule has 0 saturated carbocycles. The Bertz CT molecular complexity index is 76.4. The van der Waals surface area contributed by atoms with Crippen LogP contribution in [0, 0.1) is 0 Å². The van der Waals surface area contributed by atoms with E-state index in [0.717, 1.165) is 0 Å². The molecule has 0 aromatic rings. The highest BCUT2D eigenvalue weighted by Crippen LogP contribution is 1.69. The molecule has 0 radical (unpaired) electrons. The van der Waals surface area contributed by atoms with Crippen molar-refractivity contribution in [2.75, 3.05) is 20.3 Å². The molecule has 8 heavy (non-hydrogen) atoms. The SMILES string of the molecule is COC(=S)NCCO. The Hall–Kier alpha value is -0.350. The van der Waals surface area contributed by atoms with Crippen LogP contribution in [-0.4, -0.2) is 30.5 Å². The van der Waals surface area contributed by atoms with Crippen LogP contribution in [-0.2, 0) is 4.74 Å². The molecule has 0 saturated heterocycles. The molecular weight excluding hydrogens is 126 g/mol. The second-order valence-corrected chi connectivity index (χ2v) is 1.51. The van der Waals surface area contributed by atoms with Crippen LogP contribution in [0.3, 0.4) is 0 Å². The van der Waals surface area contributed by atoms with Crippen LogP contribution < -0.4 is 5.32 Å². The molecule has 48 valence electrons. The van der Waals surface area contributed by atoms with Crippen molar-refractivity contribution in [2.24, 2.45) is 0 Å². The van der Waals surface area contributed by atoms with Crippen molar-refractivity contribution in [3.05, 3.63) is 0 Å². The molecule has 0 aromatic heterocycles. The third-order valence-corrected chi connectivity index (χ3v) is 0.878. The first-order valence-electron chi connectivity index (χ1n) is 2.24. The van der Waals surface area contributed by atoms with Gasteiger partial charge >= 0.3 is 0 Å². The lowest BCUT2D eigenvalue weighted by Gasteiger charge is -2.01. The van der Waals surface area contributed by atoms with E-state index in [4.69, 9.17) is 5.11 Å². The quantitative estimate of drug-likeness (QED) is 0.501. The second-order valence-electron chi connectivity index (χ2n) is 1.14. The molecule has 4 heteroatoms. The number of methoxy groups -OCH3 is 1. The third kappa shape index (κ3) is 3.83. The first-order chi connectivity index (χ1) is 3.81. The van der Waals surface area contributed by atoms with E-state index < -0.39 is 0 Å². The average molecular weight is 135 g/mol. The molecule has 3 nitrogen and oxygen atoms in total. The van der Waals surface area contributed by atoms with Crippen LogP contribution in [0.15, 0.2) is 0 Å². The molecule has 0 atom stereocenters. The first-order valence-corrected chi connectivity index (χ1v) is 2.64. The van der Waals surface area contributed by atoms with E-state index in [-0.39, 0.29) is 6.61 Å². The Morgan fingerprint density at radius 2 is 2.50 bits per heavy atom. The maximum atomic E-state index is 8.23. The van der Waals surface area contributed by atoms with Crippen molar-refractivity contribution in [1.29, 1.82) is 0 Å². The maximum absolute atomic E-state index is 8.23. The van der Waals surface area contributed by atoms with Crippen molar-refractivity contribution in [2.45, 2.75) is 0 Å². The lowest BCUT2D eigenvalue weighted by molar-refractivity contribution is 0.294. The van der Waals surface area contributed by atoms with E-state index in [0.29, 0.717) is 11.7 Å². The smallest absolute Gasteiger partial charge is 0.256 e. The molecule has 0 rings (SSSR count). The molecule has 0 fully saturated rings. The van der Waals surface area contributed by atoms with Crippen LogP contribution in [0.2, 0.25) is 0 Å². The zero-order valence-electron chi connectivity index (χ0n) is 4.68. The lowest BCUT2D eigenvalue weighted by Crippen LogP contribution is -2.25. The molecule has 0 aliphatic heterocycles. The molecule has 2 N–H and O–H groups in total. The molecule has 0 amide bonds. The molecular formula is C4H9NO2S. The zero-order valence-corrected chi connectivity index (χ0v) is 5.49. The summed E-state index contributed by atoms with van der Waals surface area (Å²) in [4.78, 5) is 0. The van der Waals surface area contributed by atoms with Crippen LogP contribution in [0.5, 0.6) is 0 Å². The van der Waals surface area contributed by atoms with E-state index in [2.05, 4.69) is 22.3 Å². The van der Waals surface area contributed by atoms with Crippen molar-refractivity contribution >= 4 is 17.4 Å². The van der Waals surface area contributed by atoms with Gasteiger partial charge in [0.15, 0.2) is 0 Å². The monoisotopic (exact) mass is 135 g/mol. The highest BCUT2D eigenvalue weighted by Gasteiger charge is 1.87. The highest BCUT2D eigenvalue weighted by atomic mass is 32.1. The molecule has 0 aliphatic rings. The van der Waals surface area contributed by atoms with Crippen molar-refractivity contribution < 1.29 is 9.84 Å². The number of hydrogen-bond donors (Lipinski definition) is 2. The summed E-state index contributed by atoms with van der Waals surface area (Å²) in [6.45, 7) is 0.524. The number of hydrogen-bond acceptors (Lipinski definition) is 3. The Morgan fingerprint density at radius 3 is 2.88 bits per heavy atom. The van der Waals surface area contributed by atoms with Gasteiger partial charge in [0, 0.05) is 6.54 Å². The fourth-order valence-corrected chi connectivity index (χ4v) is 0.332. The molecule has 0 unspecified atom stereocenters. The van der Waals surface area contributed by atoms with Crippen LogP contribution in [0.25, 0.3) is 0 Å². The number of aliphatic hydroxyl groups excluding tert-OH is 1. The minimum atomic E-state index is 0.0729. The average Bonchev–Trinajstić information content (AvgIpc) is 1.83. The summed E-state index contributed by atoms with van der Waals surface area (Å²) in [6, 6.07) is 0. The van der Waals surface area contributed by atoms with Gasteiger partial charge in [-0.25, -0.2) is 0 Å². The van der Waals surface area contributed by atoms with Gasteiger partial charge in [0.1, 0.15) is 0 Å². The highest BCUT2D eigenvalue weighted by molar-refractivity contribution is 7.80. The third-order valence-electron chi connectivity index (χ3n) is 0.567. The van der Waals surface area contributed by atoms with Gasteiger partial charge < -0.3 is 15.2 Å². The van der Waals surface area contributed by atoms with Crippen LogP contribution in [0.1, 0.15) is 0 Å². The van der Waals surface area contributed by atoms with E-state index in [9.17, 15) is 0 Å². The Morgan fingerprint density at radius 1 is 1.88 bits per heavy atom. The summed E-state index contributed by atoms with van der Waals surface area (Å²) in [5.74, 6) is 0. The van der Waals surface area contributed by atoms with Crippen LogP contribution in [0.4, 0.5) is 0 Å². The van der Waals surface area contributed by atoms with Crippen molar-refractivity contribution in [3.8, 4) is 0 Å². The van der Waals surface area contributed by atoms with Crippen LogP contribution >= 0.6 is 12.2 Å². The summed E-state index contributed by atoms with van der Waals surface area (Å²) in [7, 11) is 1.48. The fourth-order valence-electron chi connectivity index (χ4n) is 0.230. The Labute approximate surface area is 53.7 Å². The topological polar surface area (TPSA) is 41.5 Å². The lowest BCUT2D eigenvalue weighted by atomic mass is 10.7. The van der Waals surface area contributed by atoms with Gasteiger partial charge in [0.25, 0.3) is 5.17 Å². The summed E-state index contributed by atoms with van der Waals surface area (Å²) in [5, 5.41) is 11.2. The number of rotatable bonds is 2. The largest absolute Gasteiger partial charge is 0.474 e. The number of aliphatic hydroxyl groups is 1. The number of nitrogens with one attached hydrogen (secondary N) is 1. The summed E-state index contributed by atoms with van der Waals surface area (Å²) < 4.78 is 4.56. The Balaban J connectivity index is 2.99. The van der Waals surface area contributed by atoms with E-state index in [1.165, 1.54) is 7.11 Å². The van der Waals surface area contributed by atoms with Gasteiger partial charge in [0.05, 0.1) is 13.7 Å². The van der Waals surface area contributed by atoms with Gasteiger partial charge in [-0.1, -0.05) is 0 Å². The summed E-state index contributed by atoms with van der Waals surface area (Å²) in [5.41, 5.74) is 0. The standard InChI is InChI=1S/C4H9NO2S/c1-7-4(8)5-2-3-6/h6H,2-3H2,1H3,(H,5,8). The van der Waals surface area contributed by atoms with E-state index in [1.807, 2.05) is 0 Å². The Kier molecular flexibility index (Phi) is 4.59. The predicted molar refractivity (Wildman–Crippen MR) is 34.7 cm³/mol. The van der Waals surface area contributed by atoms with E-state index >= 15 is 0 Å². The minimum absolute atomic E-state index is 0.0729. The normalized spacial score (nSPS) is 8.25. The minimum Gasteiger partial charge on any atom is -0.474 e. The first kappa shape index (κ1) is 7.65. The van der Waals surface area contributed by atoms with Crippen molar-refractivity contribution in [1.82, 2.24) is 5.32 Å². The fraction of sp³-hybridized carbons (Fsp3) is 0.750. The van der Waals surface area contributed by atoms with Gasteiger partial charge in [0.2, 0.25) is 0 Å². The summed E-state index contributed by atoms with van der Waals surface area (Å²) in [6.07, 6.45) is 0. The molecule has 0 aliphatic carbocycles. The number of ether oxygens (including phenoxy) is 1. The van der Waals surface area contributed by atoms with Gasteiger partial charge in [-0.2, -0.15) is 0 Å². The number of thiocarbonyl (C=S) groups is 1.